The molecule has 0 atom stereocenters. The van der Waals surface area contributed by atoms with E-state index in [4.69, 9.17) is 0 Å². The number of nitrogens with zero attached hydrogens (tertiary/aromatic N) is 3. The summed E-state index contributed by atoms with van der Waals surface area (Å²) >= 11 is 3.48. The Kier molecular flexibility index (Phi) is 7.80. The first-order valence-electron chi connectivity index (χ1n) is 10.9. The summed E-state index contributed by atoms with van der Waals surface area (Å²) in [5.74, 6) is -1.75. The molecule has 5 nitrogen and oxygen atoms in total. The summed E-state index contributed by atoms with van der Waals surface area (Å²) in [7, 11) is 0. The Labute approximate surface area is 200 Å². The standard InChI is InChI=1S/C25H25BrF2N4O/c26-20-4-2-18(3-5-20)22-8-9-29-15-19(22)16-31-10-1-11-32(13-12-31)17-25(33)30-24-7-6-21(27)14-23(24)28/h2-9,14-15H,1,10-13,16-17H2,(H,30,33). The molecule has 4 rings (SSSR count). The van der Waals surface area contributed by atoms with E-state index in [1.165, 1.54) is 11.6 Å². The zero-order valence-corrected chi connectivity index (χ0v) is 19.7. The van der Waals surface area contributed by atoms with Gasteiger partial charge in [-0.1, -0.05) is 28.1 Å². The fourth-order valence-corrected chi connectivity index (χ4v) is 4.29. The quantitative estimate of drug-likeness (QED) is 0.506. The van der Waals surface area contributed by atoms with E-state index < -0.39 is 11.6 Å². The number of amides is 1. The second-order valence-corrected chi connectivity index (χ2v) is 9.03. The van der Waals surface area contributed by atoms with Crippen LogP contribution in [0.5, 0.6) is 0 Å². The van der Waals surface area contributed by atoms with Crippen molar-refractivity contribution in [3.63, 3.8) is 0 Å². The maximum Gasteiger partial charge on any atom is 0.238 e. The normalized spacial score (nSPS) is 15.2. The highest BCUT2D eigenvalue weighted by Crippen LogP contribution is 2.26. The summed E-state index contributed by atoms with van der Waals surface area (Å²) in [5.41, 5.74) is 3.48. The van der Waals surface area contributed by atoms with Crippen LogP contribution in [-0.4, -0.2) is 53.4 Å². The zero-order valence-electron chi connectivity index (χ0n) is 18.1. The predicted octanol–water partition coefficient (Wildman–Crippen LogP) is 4.94. The van der Waals surface area contributed by atoms with Crippen LogP contribution in [0.1, 0.15) is 12.0 Å². The molecule has 1 amide bonds. The molecule has 1 aliphatic heterocycles. The molecule has 1 aromatic heterocycles. The molecule has 1 saturated heterocycles. The van der Waals surface area contributed by atoms with Gasteiger partial charge >= 0.3 is 0 Å². The Morgan fingerprint density at radius 1 is 1.00 bits per heavy atom. The molecule has 2 aromatic carbocycles. The molecule has 1 aliphatic rings. The highest BCUT2D eigenvalue weighted by Gasteiger charge is 2.19. The molecule has 8 heteroatoms. The number of carbonyl (C=O) groups is 1. The first-order chi connectivity index (χ1) is 16.0. The Bertz CT molecular complexity index is 1110. The number of pyridine rings is 1. The lowest BCUT2D eigenvalue weighted by Gasteiger charge is -2.22. The van der Waals surface area contributed by atoms with Gasteiger partial charge in [-0.05, 0) is 66.5 Å². The molecule has 1 fully saturated rings. The molecular weight excluding hydrogens is 490 g/mol. The number of hydrogen-bond acceptors (Lipinski definition) is 4. The molecule has 0 saturated carbocycles. The molecule has 33 heavy (non-hydrogen) atoms. The van der Waals surface area contributed by atoms with Crippen LogP contribution in [0.3, 0.4) is 0 Å². The van der Waals surface area contributed by atoms with Gasteiger partial charge in [0.2, 0.25) is 5.91 Å². The van der Waals surface area contributed by atoms with Gasteiger partial charge in [-0.15, -0.1) is 0 Å². The fraction of sp³-hybridized carbons (Fsp3) is 0.280. The van der Waals surface area contributed by atoms with Crippen molar-refractivity contribution in [1.29, 1.82) is 0 Å². The van der Waals surface area contributed by atoms with E-state index in [0.717, 1.165) is 66.9 Å². The fourth-order valence-electron chi connectivity index (χ4n) is 4.03. The minimum Gasteiger partial charge on any atom is -0.322 e. The average molecular weight is 515 g/mol. The minimum atomic E-state index is -0.775. The van der Waals surface area contributed by atoms with Crippen LogP contribution in [0.15, 0.2) is 65.4 Å². The number of anilines is 1. The molecule has 3 aromatic rings. The monoisotopic (exact) mass is 514 g/mol. The van der Waals surface area contributed by atoms with E-state index in [-0.39, 0.29) is 18.1 Å². The molecule has 0 unspecified atom stereocenters. The van der Waals surface area contributed by atoms with Crippen molar-refractivity contribution in [1.82, 2.24) is 14.8 Å². The summed E-state index contributed by atoms with van der Waals surface area (Å²) in [5, 5.41) is 2.54. The first-order valence-corrected chi connectivity index (χ1v) is 11.7. The number of carbonyl (C=O) groups excluding carboxylic acids is 1. The molecule has 0 radical (unpaired) electrons. The van der Waals surface area contributed by atoms with E-state index in [9.17, 15) is 13.6 Å². The van der Waals surface area contributed by atoms with Gasteiger partial charge < -0.3 is 5.32 Å². The second kappa shape index (κ2) is 11.0. The van der Waals surface area contributed by atoms with Crippen molar-refractivity contribution in [2.75, 3.05) is 38.0 Å². The third-order valence-electron chi connectivity index (χ3n) is 5.71. The van der Waals surface area contributed by atoms with Crippen LogP contribution in [0.4, 0.5) is 14.5 Å². The van der Waals surface area contributed by atoms with Gasteiger partial charge in [0.05, 0.1) is 12.2 Å². The summed E-state index contributed by atoms with van der Waals surface area (Å²) in [4.78, 5) is 21.2. The van der Waals surface area contributed by atoms with Crippen molar-refractivity contribution < 1.29 is 13.6 Å². The minimum absolute atomic E-state index is 0.00472. The predicted molar refractivity (Wildman–Crippen MR) is 129 cm³/mol. The highest BCUT2D eigenvalue weighted by atomic mass is 79.9. The van der Waals surface area contributed by atoms with Crippen molar-refractivity contribution in [3.8, 4) is 11.1 Å². The smallest absolute Gasteiger partial charge is 0.238 e. The summed E-state index contributed by atoms with van der Waals surface area (Å²) in [6, 6.07) is 13.4. The van der Waals surface area contributed by atoms with E-state index in [1.807, 2.05) is 30.6 Å². The maximum atomic E-state index is 13.8. The van der Waals surface area contributed by atoms with Crippen LogP contribution >= 0.6 is 15.9 Å². The van der Waals surface area contributed by atoms with Crippen molar-refractivity contribution in [2.45, 2.75) is 13.0 Å². The van der Waals surface area contributed by atoms with Crippen molar-refractivity contribution in [3.05, 3.63) is 82.6 Å². The number of nitrogens with one attached hydrogen (secondary N) is 1. The Balaban J connectivity index is 1.34. The zero-order chi connectivity index (χ0) is 23.2. The summed E-state index contributed by atoms with van der Waals surface area (Å²) in [6.07, 6.45) is 4.66. The molecule has 0 spiro atoms. The van der Waals surface area contributed by atoms with Gasteiger partial charge in [-0.25, -0.2) is 8.78 Å². The van der Waals surface area contributed by atoms with Gasteiger partial charge in [-0.2, -0.15) is 0 Å². The lowest BCUT2D eigenvalue weighted by Crippen LogP contribution is -2.36. The SMILES string of the molecule is O=C(CN1CCCN(Cc2cnccc2-c2ccc(Br)cc2)CC1)Nc1ccc(F)cc1F. The third-order valence-corrected chi connectivity index (χ3v) is 6.24. The largest absolute Gasteiger partial charge is 0.322 e. The molecule has 2 heterocycles. The number of benzene rings is 2. The summed E-state index contributed by atoms with van der Waals surface area (Å²) in [6.45, 7) is 4.18. The van der Waals surface area contributed by atoms with Crippen LogP contribution < -0.4 is 5.32 Å². The van der Waals surface area contributed by atoms with Crippen molar-refractivity contribution in [2.24, 2.45) is 0 Å². The lowest BCUT2D eigenvalue weighted by atomic mass is 10.0. The topological polar surface area (TPSA) is 48.5 Å². The average Bonchev–Trinajstić information content (AvgIpc) is 3.02. The van der Waals surface area contributed by atoms with Gasteiger partial charge in [0, 0.05) is 42.6 Å². The summed E-state index contributed by atoms with van der Waals surface area (Å²) < 4.78 is 27.9. The van der Waals surface area contributed by atoms with Crippen molar-refractivity contribution >= 4 is 27.5 Å². The lowest BCUT2D eigenvalue weighted by molar-refractivity contribution is -0.117. The Morgan fingerprint density at radius 2 is 1.76 bits per heavy atom. The van der Waals surface area contributed by atoms with E-state index >= 15 is 0 Å². The van der Waals surface area contributed by atoms with Crippen LogP contribution in [0.2, 0.25) is 0 Å². The van der Waals surface area contributed by atoms with Gasteiger partial charge in [0.1, 0.15) is 11.6 Å². The molecule has 172 valence electrons. The third kappa shape index (κ3) is 6.43. The van der Waals surface area contributed by atoms with E-state index in [2.05, 4.69) is 48.2 Å². The molecule has 0 aliphatic carbocycles. The Hall–Kier alpha value is -2.68. The second-order valence-electron chi connectivity index (χ2n) is 8.12. The van der Waals surface area contributed by atoms with Gasteiger partial charge in [0.25, 0.3) is 0 Å². The van der Waals surface area contributed by atoms with Crippen LogP contribution in [0.25, 0.3) is 11.1 Å². The number of halogens is 3. The molecule has 1 N–H and O–H groups in total. The number of hydrogen-bond donors (Lipinski definition) is 1. The van der Waals surface area contributed by atoms with Crippen LogP contribution in [0, 0.1) is 11.6 Å². The first kappa shape index (κ1) is 23.5. The Morgan fingerprint density at radius 3 is 2.55 bits per heavy atom. The van der Waals surface area contributed by atoms with Gasteiger partial charge in [-0.3, -0.25) is 19.6 Å². The number of rotatable bonds is 6. The maximum absolute atomic E-state index is 13.8. The molecule has 0 bridgehead atoms. The van der Waals surface area contributed by atoms with Crippen LogP contribution in [-0.2, 0) is 11.3 Å². The van der Waals surface area contributed by atoms with Gasteiger partial charge in [0.15, 0.2) is 0 Å². The number of aromatic nitrogens is 1. The molecular formula is C25H25BrF2N4O. The highest BCUT2D eigenvalue weighted by molar-refractivity contribution is 9.10. The van der Waals surface area contributed by atoms with E-state index in [1.54, 1.807) is 0 Å². The van der Waals surface area contributed by atoms with E-state index in [0.29, 0.717) is 0 Å².